The van der Waals surface area contributed by atoms with Gasteiger partial charge in [0, 0.05) is 17.8 Å². The fourth-order valence-corrected chi connectivity index (χ4v) is 3.49. The average molecular weight is 388 g/mol. The number of nitrogens with zero attached hydrogens (tertiary/aromatic N) is 3. The number of fused-ring (bicyclic) bond motifs is 3. The second-order valence-electron chi connectivity index (χ2n) is 6.50. The number of nitrogens with one attached hydrogen (secondary N) is 1. The van der Waals surface area contributed by atoms with E-state index in [1.54, 1.807) is 21.3 Å². The van der Waals surface area contributed by atoms with Gasteiger partial charge in [-0.3, -0.25) is 4.40 Å². The molecule has 29 heavy (non-hydrogen) atoms. The van der Waals surface area contributed by atoms with Gasteiger partial charge >= 0.3 is 0 Å². The van der Waals surface area contributed by atoms with Gasteiger partial charge in [-0.25, -0.2) is 4.98 Å². The number of benzene rings is 2. The summed E-state index contributed by atoms with van der Waals surface area (Å²) in [6.07, 6.45) is 0. The zero-order valence-corrected chi connectivity index (χ0v) is 16.6. The highest BCUT2D eigenvalue weighted by molar-refractivity contribution is 5.86. The van der Waals surface area contributed by atoms with E-state index in [1.165, 1.54) is 0 Å². The highest BCUT2D eigenvalue weighted by Crippen LogP contribution is 2.41. The molecule has 1 N–H and O–H groups in total. The van der Waals surface area contributed by atoms with Gasteiger partial charge in [-0.05, 0) is 30.7 Å². The Morgan fingerprint density at radius 3 is 2.31 bits per heavy atom. The summed E-state index contributed by atoms with van der Waals surface area (Å²) in [6.45, 7) is 1.90. The molecule has 4 aromatic rings. The fourth-order valence-electron chi connectivity index (χ4n) is 3.49. The lowest BCUT2D eigenvalue weighted by atomic mass is 10.1. The first-order chi connectivity index (χ1) is 14.1. The van der Waals surface area contributed by atoms with Crippen molar-refractivity contribution >= 4 is 28.2 Å². The SMILES string of the molecule is COc1cc(Nc2cc(C)c(C#N)c3nc4ccccc4n23)cc(OC)c1OC. The zero-order chi connectivity index (χ0) is 20.5. The Hall–Kier alpha value is -3.92. The number of hydrogen-bond acceptors (Lipinski definition) is 6. The third kappa shape index (κ3) is 2.95. The third-order valence-corrected chi connectivity index (χ3v) is 4.82. The number of nitriles is 1. The van der Waals surface area contributed by atoms with Crippen LogP contribution in [0.3, 0.4) is 0 Å². The molecule has 4 rings (SSSR count). The maximum absolute atomic E-state index is 9.65. The smallest absolute Gasteiger partial charge is 0.203 e. The first kappa shape index (κ1) is 18.4. The first-order valence-corrected chi connectivity index (χ1v) is 8.99. The van der Waals surface area contributed by atoms with E-state index in [4.69, 9.17) is 14.2 Å². The summed E-state index contributed by atoms with van der Waals surface area (Å²) in [5, 5.41) is 13.1. The summed E-state index contributed by atoms with van der Waals surface area (Å²) in [5.74, 6) is 2.40. The van der Waals surface area contributed by atoms with Crippen LogP contribution in [0.25, 0.3) is 16.7 Å². The molecule has 0 amide bonds. The molecule has 146 valence electrons. The molecule has 7 nitrogen and oxygen atoms in total. The van der Waals surface area contributed by atoms with Crippen LogP contribution in [-0.4, -0.2) is 30.7 Å². The summed E-state index contributed by atoms with van der Waals surface area (Å²) in [5.41, 5.74) is 4.49. The Labute approximate surface area is 168 Å². The van der Waals surface area contributed by atoms with Gasteiger partial charge in [0.2, 0.25) is 5.75 Å². The minimum Gasteiger partial charge on any atom is -0.493 e. The van der Waals surface area contributed by atoms with Crippen LogP contribution >= 0.6 is 0 Å². The van der Waals surface area contributed by atoms with Crippen LogP contribution in [0.15, 0.2) is 42.5 Å². The minimum absolute atomic E-state index is 0.523. The predicted octanol–water partition coefficient (Wildman–Crippen LogP) is 4.44. The van der Waals surface area contributed by atoms with E-state index in [0.29, 0.717) is 28.5 Å². The predicted molar refractivity (Wildman–Crippen MR) is 112 cm³/mol. The molecule has 0 saturated carbocycles. The van der Waals surface area contributed by atoms with Crippen LogP contribution in [0, 0.1) is 18.3 Å². The molecule has 0 atom stereocenters. The number of pyridine rings is 1. The van der Waals surface area contributed by atoms with Gasteiger partial charge in [-0.2, -0.15) is 5.26 Å². The van der Waals surface area contributed by atoms with Crippen molar-refractivity contribution in [2.75, 3.05) is 26.6 Å². The third-order valence-electron chi connectivity index (χ3n) is 4.82. The van der Waals surface area contributed by atoms with Gasteiger partial charge in [-0.1, -0.05) is 12.1 Å². The van der Waals surface area contributed by atoms with E-state index < -0.39 is 0 Å². The Morgan fingerprint density at radius 2 is 1.69 bits per heavy atom. The van der Waals surface area contributed by atoms with Gasteiger partial charge < -0.3 is 19.5 Å². The van der Waals surface area contributed by atoms with E-state index in [-0.39, 0.29) is 0 Å². The number of imidazole rings is 1. The Bertz CT molecular complexity index is 1250. The van der Waals surface area contributed by atoms with Crippen LogP contribution in [0.2, 0.25) is 0 Å². The van der Waals surface area contributed by atoms with Crippen LogP contribution in [0.1, 0.15) is 11.1 Å². The van der Waals surface area contributed by atoms with Crippen molar-refractivity contribution in [1.82, 2.24) is 9.38 Å². The lowest BCUT2D eigenvalue weighted by Gasteiger charge is -2.16. The summed E-state index contributed by atoms with van der Waals surface area (Å²) >= 11 is 0. The first-order valence-electron chi connectivity index (χ1n) is 8.99. The summed E-state index contributed by atoms with van der Waals surface area (Å²) in [6, 6.07) is 15.7. The molecular formula is C22H20N4O3. The van der Waals surface area contributed by atoms with Crippen molar-refractivity contribution in [3.8, 4) is 23.3 Å². The molecule has 0 unspecified atom stereocenters. The van der Waals surface area contributed by atoms with Crippen molar-refractivity contribution in [2.45, 2.75) is 6.92 Å². The Balaban J connectivity index is 1.95. The highest BCUT2D eigenvalue weighted by atomic mass is 16.5. The van der Waals surface area contributed by atoms with Gasteiger partial charge in [-0.15, -0.1) is 0 Å². The maximum Gasteiger partial charge on any atom is 0.203 e. The van der Waals surface area contributed by atoms with E-state index in [1.807, 2.05) is 53.8 Å². The lowest BCUT2D eigenvalue weighted by molar-refractivity contribution is 0.324. The van der Waals surface area contributed by atoms with Crippen molar-refractivity contribution in [2.24, 2.45) is 0 Å². The number of ether oxygens (including phenoxy) is 3. The van der Waals surface area contributed by atoms with Crippen molar-refractivity contribution in [3.05, 3.63) is 53.6 Å². The number of aryl methyl sites for hydroxylation is 1. The largest absolute Gasteiger partial charge is 0.493 e. The van der Waals surface area contributed by atoms with Crippen molar-refractivity contribution in [1.29, 1.82) is 5.26 Å². The number of rotatable bonds is 5. The molecule has 0 radical (unpaired) electrons. The number of aromatic nitrogens is 2. The molecule has 2 heterocycles. The Kier molecular flexibility index (Phi) is 4.61. The van der Waals surface area contributed by atoms with Crippen molar-refractivity contribution < 1.29 is 14.2 Å². The Morgan fingerprint density at radius 1 is 1.00 bits per heavy atom. The molecule has 0 aliphatic carbocycles. The van der Waals surface area contributed by atoms with Crippen LogP contribution in [-0.2, 0) is 0 Å². The molecule has 0 fully saturated rings. The monoisotopic (exact) mass is 388 g/mol. The molecule has 0 saturated heterocycles. The molecule has 2 aromatic heterocycles. The number of methoxy groups -OCH3 is 3. The van der Waals surface area contributed by atoms with Crippen LogP contribution in [0.4, 0.5) is 11.5 Å². The number of hydrogen-bond donors (Lipinski definition) is 1. The normalized spacial score (nSPS) is 10.7. The molecule has 0 bridgehead atoms. The summed E-state index contributed by atoms with van der Waals surface area (Å²) in [7, 11) is 4.72. The maximum atomic E-state index is 9.65. The van der Waals surface area contributed by atoms with Gasteiger partial charge in [0.1, 0.15) is 11.9 Å². The standard InChI is InChI=1S/C22H20N4O3/c1-13-9-20(24-14-10-18(27-2)21(29-4)19(11-14)28-3)26-17-8-6-5-7-16(17)25-22(26)15(13)12-23/h5-11,24H,1-4H3. The highest BCUT2D eigenvalue weighted by Gasteiger charge is 2.17. The van der Waals surface area contributed by atoms with Crippen LogP contribution in [0.5, 0.6) is 17.2 Å². The minimum atomic E-state index is 0.523. The molecular weight excluding hydrogens is 368 g/mol. The van der Waals surface area contributed by atoms with Crippen LogP contribution < -0.4 is 19.5 Å². The second kappa shape index (κ2) is 7.24. The quantitative estimate of drug-likeness (QED) is 0.544. The van der Waals surface area contributed by atoms with Gasteiger partial charge in [0.25, 0.3) is 0 Å². The van der Waals surface area contributed by atoms with E-state index in [9.17, 15) is 5.26 Å². The molecule has 0 spiro atoms. The lowest BCUT2D eigenvalue weighted by Crippen LogP contribution is -2.03. The van der Waals surface area contributed by atoms with Gasteiger partial charge in [0.15, 0.2) is 17.1 Å². The number of anilines is 2. The van der Waals surface area contributed by atoms with E-state index >= 15 is 0 Å². The van der Waals surface area contributed by atoms with Gasteiger partial charge in [0.05, 0.1) is 37.9 Å². The molecule has 7 heteroatoms. The topological polar surface area (TPSA) is 80.8 Å². The molecule has 2 aromatic carbocycles. The zero-order valence-electron chi connectivity index (χ0n) is 16.6. The molecule has 0 aliphatic rings. The van der Waals surface area contributed by atoms with Crippen molar-refractivity contribution in [3.63, 3.8) is 0 Å². The van der Waals surface area contributed by atoms with E-state index in [2.05, 4.69) is 16.4 Å². The average Bonchev–Trinajstić information content (AvgIpc) is 3.12. The molecule has 0 aliphatic heterocycles. The van der Waals surface area contributed by atoms with E-state index in [0.717, 1.165) is 28.1 Å². The number of para-hydroxylation sites is 2. The second-order valence-corrected chi connectivity index (χ2v) is 6.50. The summed E-state index contributed by atoms with van der Waals surface area (Å²) in [4.78, 5) is 4.68. The summed E-state index contributed by atoms with van der Waals surface area (Å²) < 4.78 is 18.3. The fraction of sp³-hybridized carbons (Fsp3) is 0.182.